The van der Waals surface area contributed by atoms with Gasteiger partial charge in [0.2, 0.25) is 0 Å². The summed E-state index contributed by atoms with van der Waals surface area (Å²) in [6.07, 6.45) is 3.86. The van der Waals surface area contributed by atoms with Gasteiger partial charge in [-0.2, -0.15) is 0 Å². The normalized spacial score (nSPS) is 16.6. The Labute approximate surface area is 147 Å². The highest BCUT2D eigenvalue weighted by molar-refractivity contribution is 6.13. The number of aliphatic imine (C=N–C) groups is 1. The molecule has 3 heteroatoms. The number of hydrogen-bond acceptors (Lipinski definition) is 3. The van der Waals surface area contributed by atoms with Gasteiger partial charge >= 0.3 is 0 Å². The Bertz CT molecular complexity index is 911. The molecule has 2 heterocycles. The summed E-state index contributed by atoms with van der Waals surface area (Å²) < 4.78 is 0. The summed E-state index contributed by atoms with van der Waals surface area (Å²) in [5.74, 6) is 0. The molecule has 1 N–H and O–H groups in total. The lowest BCUT2D eigenvalue weighted by Crippen LogP contribution is -2.25. The molecule has 1 aliphatic rings. The van der Waals surface area contributed by atoms with Crippen LogP contribution in [0, 0.1) is 6.92 Å². The Hall–Kier alpha value is -3.20. The predicted octanol–water partition coefficient (Wildman–Crippen LogP) is 4.52. The SMILES string of the molecule is Cc1ccc(C2N=C(c3ccccc3)C=C(c3ccccc3)N2)cn1. The highest BCUT2D eigenvalue weighted by Crippen LogP contribution is 2.26. The van der Waals surface area contributed by atoms with Gasteiger partial charge in [-0.3, -0.25) is 9.98 Å². The standard InChI is InChI=1S/C22H19N3/c1-16-12-13-19(15-23-16)22-24-20(17-8-4-2-5-9-17)14-21(25-22)18-10-6-3-7-11-18/h2-15,22,24H,1H3. The van der Waals surface area contributed by atoms with Crippen LogP contribution >= 0.6 is 0 Å². The van der Waals surface area contributed by atoms with Crippen LogP contribution in [0.1, 0.15) is 28.6 Å². The summed E-state index contributed by atoms with van der Waals surface area (Å²) in [5.41, 5.74) is 6.37. The molecule has 0 fully saturated rings. The zero-order valence-corrected chi connectivity index (χ0v) is 14.1. The summed E-state index contributed by atoms with van der Waals surface area (Å²) >= 11 is 0. The zero-order chi connectivity index (χ0) is 17.1. The Morgan fingerprint density at radius 2 is 1.48 bits per heavy atom. The van der Waals surface area contributed by atoms with E-state index in [2.05, 4.69) is 46.7 Å². The minimum atomic E-state index is -0.150. The summed E-state index contributed by atoms with van der Waals surface area (Å²) in [4.78, 5) is 9.34. The first-order chi connectivity index (χ1) is 12.3. The fourth-order valence-electron chi connectivity index (χ4n) is 2.88. The summed E-state index contributed by atoms with van der Waals surface area (Å²) in [6, 6.07) is 24.7. The maximum absolute atomic E-state index is 4.92. The third-order valence-corrected chi connectivity index (χ3v) is 4.25. The molecular formula is C22H19N3. The Morgan fingerprint density at radius 3 is 2.12 bits per heavy atom. The average molecular weight is 325 g/mol. The van der Waals surface area contributed by atoms with E-state index in [1.807, 2.05) is 55.6 Å². The second kappa shape index (κ2) is 6.73. The number of rotatable bonds is 3. The molecule has 3 aromatic rings. The predicted molar refractivity (Wildman–Crippen MR) is 102 cm³/mol. The molecule has 3 nitrogen and oxygen atoms in total. The highest BCUT2D eigenvalue weighted by atomic mass is 15.1. The number of pyridine rings is 1. The molecule has 1 unspecified atom stereocenters. The molecule has 1 aromatic heterocycles. The topological polar surface area (TPSA) is 37.3 Å². The van der Waals surface area contributed by atoms with E-state index in [1.54, 1.807) is 0 Å². The van der Waals surface area contributed by atoms with Crippen molar-refractivity contribution in [3.63, 3.8) is 0 Å². The smallest absolute Gasteiger partial charge is 0.146 e. The zero-order valence-electron chi connectivity index (χ0n) is 14.1. The minimum absolute atomic E-state index is 0.150. The van der Waals surface area contributed by atoms with Crippen LogP contribution in [0.3, 0.4) is 0 Å². The number of allylic oxidation sites excluding steroid dienone is 1. The molecule has 4 rings (SSSR count). The number of nitrogens with one attached hydrogen (secondary N) is 1. The van der Waals surface area contributed by atoms with E-state index in [9.17, 15) is 0 Å². The maximum atomic E-state index is 4.92. The fourth-order valence-corrected chi connectivity index (χ4v) is 2.88. The molecule has 0 amide bonds. The second-order valence-corrected chi connectivity index (χ2v) is 6.08. The Balaban J connectivity index is 1.78. The van der Waals surface area contributed by atoms with Crippen LogP contribution in [0.2, 0.25) is 0 Å². The van der Waals surface area contributed by atoms with Crippen molar-refractivity contribution < 1.29 is 0 Å². The van der Waals surface area contributed by atoms with Crippen molar-refractivity contribution in [1.82, 2.24) is 10.3 Å². The van der Waals surface area contributed by atoms with Gasteiger partial charge in [0, 0.05) is 23.2 Å². The van der Waals surface area contributed by atoms with E-state index in [1.165, 1.54) is 0 Å². The average Bonchev–Trinajstić information content (AvgIpc) is 2.69. The molecule has 0 bridgehead atoms. The van der Waals surface area contributed by atoms with Crippen LogP contribution in [0.15, 0.2) is 90.1 Å². The first-order valence-electron chi connectivity index (χ1n) is 8.39. The molecule has 1 atom stereocenters. The Morgan fingerprint density at radius 1 is 0.800 bits per heavy atom. The van der Waals surface area contributed by atoms with Crippen LogP contribution in [-0.4, -0.2) is 10.7 Å². The monoisotopic (exact) mass is 325 g/mol. The van der Waals surface area contributed by atoms with Crippen LogP contribution in [-0.2, 0) is 0 Å². The van der Waals surface area contributed by atoms with Crippen molar-refractivity contribution in [3.8, 4) is 0 Å². The highest BCUT2D eigenvalue weighted by Gasteiger charge is 2.19. The van der Waals surface area contributed by atoms with Gasteiger partial charge in [0.1, 0.15) is 6.17 Å². The van der Waals surface area contributed by atoms with Gasteiger partial charge in [-0.15, -0.1) is 0 Å². The minimum Gasteiger partial charge on any atom is -0.359 e. The maximum Gasteiger partial charge on any atom is 0.146 e. The van der Waals surface area contributed by atoms with Gasteiger partial charge < -0.3 is 5.32 Å². The number of aromatic nitrogens is 1. The van der Waals surface area contributed by atoms with Crippen LogP contribution < -0.4 is 5.32 Å². The molecule has 0 saturated carbocycles. The van der Waals surface area contributed by atoms with Gasteiger partial charge in [0.25, 0.3) is 0 Å². The first kappa shape index (κ1) is 15.3. The van der Waals surface area contributed by atoms with Gasteiger partial charge in [0.15, 0.2) is 0 Å². The molecule has 0 spiro atoms. The van der Waals surface area contributed by atoms with E-state index >= 15 is 0 Å². The van der Waals surface area contributed by atoms with Gasteiger partial charge in [0.05, 0.1) is 5.71 Å². The molecular weight excluding hydrogens is 306 g/mol. The molecule has 1 aliphatic heterocycles. The largest absolute Gasteiger partial charge is 0.359 e. The van der Waals surface area contributed by atoms with E-state index in [0.717, 1.165) is 33.8 Å². The fraction of sp³-hybridized carbons (Fsp3) is 0.0909. The van der Waals surface area contributed by atoms with Crippen molar-refractivity contribution in [2.75, 3.05) is 0 Å². The third kappa shape index (κ3) is 3.36. The molecule has 25 heavy (non-hydrogen) atoms. The van der Waals surface area contributed by atoms with Crippen LogP contribution in [0.5, 0.6) is 0 Å². The van der Waals surface area contributed by atoms with Gasteiger partial charge in [-0.05, 0) is 30.2 Å². The number of hydrogen-bond donors (Lipinski definition) is 1. The van der Waals surface area contributed by atoms with E-state index in [0.29, 0.717) is 0 Å². The number of aryl methyl sites for hydroxylation is 1. The van der Waals surface area contributed by atoms with Crippen molar-refractivity contribution in [2.45, 2.75) is 13.1 Å². The number of benzene rings is 2. The van der Waals surface area contributed by atoms with Crippen LogP contribution in [0.25, 0.3) is 5.70 Å². The Kier molecular flexibility index (Phi) is 4.13. The van der Waals surface area contributed by atoms with E-state index < -0.39 is 0 Å². The lowest BCUT2D eigenvalue weighted by molar-refractivity contribution is 0.660. The van der Waals surface area contributed by atoms with Crippen LogP contribution in [0.4, 0.5) is 0 Å². The quantitative estimate of drug-likeness (QED) is 0.768. The lowest BCUT2D eigenvalue weighted by Gasteiger charge is -2.24. The summed E-state index contributed by atoms with van der Waals surface area (Å²) in [5, 5.41) is 3.54. The molecule has 0 aliphatic carbocycles. The summed E-state index contributed by atoms with van der Waals surface area (Å²) in [7, 11) is 0. The first-order valence-corrected chi connectivity index (χ1v) is 8.39. The van der Waals surface area contributed by atoms with Crippen molar-refractivity contribution in [3.05, 3.63) is 107 Å². The van der Waals surface area contributed by atoms with Gasteiger partial charge in [-0.25, -0.2) is 0 Å². The van der Waals surface area contributed by atoms with Crippen molar-refractivity contribution in [2.24, 2.45) is 4.99 Å². The third-order valence-electron chi connectivity index (χ3n) is 4.25. The second-order valence-electron chi connectivity index (χ2n) is 6.08. The summed E-state index contributed by atoms with van der Waals surface area (Å²) in [6.45, 7) is 1.99. The molecule has 2 aromatic carbocycles. The van der Waals surface area contributed by atoms with Gasteiger partial charge in [-0.1, -0.05) is 66.7 Å². The molecule has 0 saturated heterocycles. The van der Waals surface area contributed by atoms with E-state index in [4.69, 9.17) is 4.99 Å². The van der Waals surface area contributed by atoms with Crippen molar-refractivity contribution in [1.29, 1.82) is 0 Å². The molecule has 0 radical (unpaired) electrons. The van der Waals surface area contributed by atoms with E-state index in [-0.39, 0.29) is 6.17 Å². The van der Waals surface area contributed by atoms with Crippen molar-refractivity contribution >= 4 is 11.4 Å². The number of nitrogens with zero attached hydrogens (tertiary/aromatic N) is 2. The lowest BCUT2D eigenvalue weighted by atomic mass is 10.0. The molecule has 122 valence electrons.